The van der Waals surface area contributed by atoms with Gasteiger partial charge in [0, 0.05) is 24.1 Å². The topological polar surface area (TPSA) is 21.3 Å². The molecule has 0 bridgehead atoms. The molecule has 3 heteroatoms. The molecule has 2 aromatic rings. The molecule has 0 aliphatic carbocycles. The van der Waals surface area contributed by atoms with E-state index in [9.17, 15) is 4.39 Å². The van der Waals surface area contributed by atoms with Gasteiger partial charge in [-0.1, -0.05) is 55.5 Å². The van der Waals surface area contributed by atoms with E-state index in [-0.39, 0.29) is 16.8 Å². The van der Waals surface area contributed by atoms with Crippen LogP contribution in [0.3, 0.4) is 0 Å². The van der Waals surface area contributed by atoms with Crippen LogP contribution in [0.2, 0.25) is 0 Å². The molecule has 2 aromatic carbocycles. The SMILES string of the molecule is CC[C@]1(C)C[C@](CCNCc2ccccc2F)(c2ccccc2)CCO1. The zero-order chi connectivity index (χ0) is 18.5. The molecule has 0 unspecified atom stereocenters. The Morgan fingerprint density at radius 3 is 2.54 bits per heavy atom. The molecule has 1 aliphatic rings. The standard InChI is InChI=1S/C23H30FNO/c1-3-22(2)18-23(14-16-26-22,20-10-5-4-6-11-20)13-15-25-17-19-9-7-8-12-21(19)24/h4-12,25H,3,13-18H2,1-2H3/t22-,23-/m1/s1. The zero-order valence-electron chi connectivity index (χ0n) is 15.9. The monoisotopic (exact) mass is 355 g/mol. The van der Waals surface area contributed by atoms with Crippen LogP contribution in [0, 0.1) is 5.82 Å². The normalized spacial score (nSPS) is 26.0. The van der Waals surface area contributed by atoms with Gasteiger partial charge in [0.25, 0.3) is 0 Å². The maximum Gasteiger partial charge on any atom is 0.127 e. The summed E-state index contributed by atoms with van der Waals surface area (Å²) in [5.74, 6) is -0.137. The average Bonchev–Trinajstić information content (AvgIpc) is 2.67. The van der Waals surface area contributed by atoms with Gasteiger partial charge in [-0.05, 0) is 50.8 Å². The lowest BCUT2D eigenvalue weighted by atomic mass is 9.66. The fourth-order valence-electron chi connectivity index (χ4n) is 4.16. The van der Waals surface area contributed by atoms with Gasteiger partial charge in [0.05, 0.1) is 5.60 Å². The molecule has 0 radical (unpaired) electrons. The molecule has 1 saturated heterocycles. The third-order valence-electron chi connectivity index (χ3n) is 5.93. The summed E-state index contributed by atoms with van der Waals surface area (Å²) in [6.07, 6.45) is 4.12. The molecule has 1 N–H and O–H groups in total. The van der Waals surface area contributed by atoms with Crippen LogP contribution in [0.4, 0.5) is 4.39 Å². The molecule has 140 valence electrons. The second kappa shape index (κ2) is 8.32. The first-order valence-corrected chi connectivity index (χ1v) is 9.71. The van der Waals surface area contributed by atoms with Gasteiger partial charge in [0.1, 0.15) is 5.82 Å². The summed E-state index contributed by atoms with van der Waals surface area (Å²) in [6, 6.07) is 17.8. The van der Waals surface area contributed by atoms with Crippen LogP contribution in [-0.2, 0) is 16.7 Å². The van der Waals surface area contributed by atoms with E-state index >= 15 is 0 Å². The maximum atomic E-state index is 13.8. The van der Waals surface area contributed by atoms with E-state index in [4.69, 9.17) is 4.74 Å². The van der Waals surface area contributed by atoms with Crippen molar-refractivity contribution in [1.82, 2.24) is 5.32 Å². The summed E-state index contributed by atoms with van der Waals surface area (Å²) in [5.41, 5.74) is 2.17. The van der Waals surface area contributed by atoms with Gasteiger partial charge in [-0.2, -0.15) is 0 Å². The average molecular weight is 355 g/mol. The van der Waals surface area contributed by atoms with E-state index in [2.05, 4.69) is 49.5 Å². The minimum atomic E-state index is -0.137. The van der Waals surface area contributed by atoms with E-state index < -0.39 is 0 Å². The first-order valence-electron chi connectivity index (χ1n) is 9.71. The quantitative estimate of drug-likeness (QED) is 0.687. The fraction of sp³-hybridized carbons (Fsp3) is 0.478. The molecule has 3 rings (SSSR count). The molecule has 0 amide bonds. The molecule has 1 heterocycles. The summed E-state index contributed by atoms with van der Waals surface area (Å²) in [6.45, 7) is 6.67. The highest BCUT2D eigenvalue weighted by atomic mass is 19.1. The van der Waals surface area contributed by atoms with Crippen molar-refractivity contribution in [2.45, 2.75) is 57.1 Å². The van der Waals surface area contributed by atoms with Crippen LogP contribution < -0.4 is 5.32 Å². The molecule has 26 heavy (non-hydrogen) atoms. The molecular formula is C23H30FNO. The predicted octanol–water partition coefficient (Wildman–Crippen LogP) is 5.22. The largest absolute Gasteiger partial charge is 0.375 e. The summed E-state index contributed by atoms with van der Waals surface area (Å²) in [7, 11) is 0. The van der Waals surface area contributed by atoms with Crippen LogP contribution in [0.1, 0.15) is 50.7 Å². The van der Waals surface area contributed by atoms with E-state index in [1.807, 2.05) is 12.1 Å². The number of hydrogen-bond donors (Lipinski definition) is 1. The van der Waals surface area contributed by atoms with Gasteiger partial charge in [-0.15, -0.1) is 0 Å². The minimum Gasteiger partial charge on any atom is -0.375 e. The van der Waals surface area contributed by atoms with Crippen molar-refractivity contribution in [2.24, 2.45) is 0 Å². The third-order valence-corrected chi connectivity index (χ3v) is 5.93. The zero-order valence-corrected chi connectivity index (χ0v) is 15.9. The second-order valence-corrected chi connectivity index (χ2v) is 7.74. The number of nitrogens with one attached hydrogen (secondary N) is 1. The number of benzene rings is 2. The Kier molecular flexibility index (Phi) is 6.10. The molecule has 0 saturated carbocycles. The molecule has 0 spiro atoms. The van der Waals surface area contributed by atoms with Crippen molar-refractivity contribution in [2.75, 3.05) is 13.2 Å². The Morgan fingerprint density at radius 2 is 1.81 bits per heavy atom. The predicted molar refractivity (Wildman–Crippen MR) is 105 cm³/mol. The highest BCUT2D eigenvalue weighted by Gasteiger charge is 2.42. The number of ether oxygens (including phenoxy) is 1. The Bertz CT molecular complexity index is 704. The van der Waals surface area contributed by atoms with Crippen molar-refractivity contribution >= 4 is 0 Å². The van der Waals surface area contributed by atoms with Crippen LogP contribution in [0.5, 0.6) is 0 Å². The second-order valence-electron chi connectivity index (χ2n) is 7.74. The van der Waals surface area contributed by atoms with Crippen LogP contribution >= 0.6 is 0 Å². The first-order chi connectivity index (χ1) is 12.6. The maximum absolute atomic E-state index is 13.8. The lowest BCUT2D eigenvalue weighted by molar-refractivity contribution is -0.0979. The number of rotatable bonds is 7. The summed E-state index contributed by atoms with van der Waals surface area (Å²) in [5, 5.41) is 3.45. The third kappa shape index (κ3) is 4.33. The van der Waals surface area contributed by atoms with Gasteiger partial charge in [0.2, 0.25) is 0 Å². The first kappa shape index (κ1) is 19.1. The van der Waals surface area contributed by atoms with Crippen LogP contribution in [0.15, 0.2) is 54.6 Å². The molecular weight excluding hydrogens is 325 g/mol. The Morgan fingerprint density at radius 1 is 1.08 bits per heavy atom. The number of hydrogen-bond acceptors (Lipinski definition) is 2. The smallest absolute Gasteiger partial charge is 0.127 e. The molecule has 0 aromatic heterocycles. The van der Waals surface area contributed by atoms with Crippen molar-refractivity contribution in [3.05, 3.63) is 71.5 Å². The highest BCUT2D eigenvalue weighted by molar-refractivity contribution is 5.27. The summed E-state index contributed by atoms with van der Waals surface area (Å²) in [4.78, 5) is 0. The van der Waals surface area contributed by atoms with Gasteiger partial charge in [-0.25, -0.2) is 4.39 Å². The fourth-order valence-corrected chi connectivity index (χ4v) is 4.16. The summed E-state index contributed by atoms with van der Waals surface area (Å²) >= 11 is 0. The molecule has 1 aliphatic heterocycles. The molecule has 2 nitrogen and oxygen atoms in total. The van der Waals surface area contributed by atoms with E-state index in [0.29, 0.717) is 6.54 Å². The van der Waals surface area contributed by atoms with Crippen molar-refractivity contribution < 1.29 is 9.13 Å². The van der Waals surface area contributed by atoms with Gasteiger partial charge in [0.15, 0.2) is 0 Å². The summed E-state index contributed by atoms with van der Waals surface area (Å²) < 4.78 is 19.9. The van der Waals surface area contributed by atoms with Gasteiger partial charge in [-0.3, -0.25) is 0 Å². The molecule has 2 atom stereocenters. The number of halogens is 1. The van der Waals surface area contributed by atoms with Crippen molar-refractivity contribution in [3.63, 3.8) is 0 Å². The van der Waals surface area contributed by atoms with E-state index in [1.165, 1.54) is 11.6 Å². The van der Waals surface area contributed by atoms with Gasteiger partial charge >= 0.3 is 0 Å². The Labute approximate surface area is 156 Å². The molecule has 1 fully saturated rings. The minimum absolute atomic E-state index is 0.0698. The van der Waals surface area contributed by atoms with Gasteiger partial charge < -0.3 is 10.1 Å². The van der Waals surface area contributed by atoms with Crippen molar-refractivity contribution in [1.29, 1.82) is 0 Å². The lowest BCUT2D eigenvalue weighted by Gasteiger charge is -2.47. The van der Waals surface area contributed by atoms with Crippen molar-refractivity contribution in [3.8, 4) is 0 Å². The van der Waals surface area contributed by atoms with Crippen LogP contribution in [-0.4, -0.2) is 18.8 Å². The van der Waals surface area contributed by atoms with E-state index in [0.717, 1.165) is 44.4 Å². The van der Waals surface area contributed by atoms with Crippen LogP contribution in [0.25, 0.3) is 0 Å². The lowest BCUT2D eigenvalue weighted by Crippen LogP contribution is -2.46. The Balaban J connectivity index is 1.70. The Hall–Kier alpha value is -1.71. The van der Waals surface area contributed by atoms with E-state index in [1.54, 1.807) is 6.07 Å². The highest BCUT2D eigenvalue weighted by Crippen LogP contribution is 2.45.